The Hall–Kier alpha value is -3.58. The lowest BCUT2D eigenvalue weighted by atomic mass is 9.97. The fraction of sp³-hybridized carbons (Fsp3) is 0.0370. The molecule has 1 nitrogen and oxygen atoms in total. The standard InChI is InChI=1S/C27H21N/c1-2-6-21(7-3-1)22-13-16-25(17-14-22)28-26-15-11-20-10-12-23-8-4-5-9-27(23)24(18-20)19-26/h1-17,19,28H,18H2. The van der Waals surface area contributed by atoms with Crippen LogP contribution >= 0.6 is 0 Å². The second-order valence-corrected chi connectivity index (χ2v) is 7.20. The van der Waals surface area contributed by atoms with Crippen LogP contribution in [0.3, 0.4) is 0 Å². The first-order valence-corrected chi connectivity index (χ1v) is 9.67. The number of anilines is 1. The number of hydrogen-bond donors (Lipinski definition) is 1. The molecule has 2 bridgehead atoms. The number of allylic oxidation sites excluding steroid dienone is 6. The van der Waals surface area contributed by atoms with E-state index in [-0.39, 0.29) is 0 Å². The summed E-state index contributed by atoms with van der Waals surface area (Å²) in [5.41, 5.74) is 9.96. The van der Waals surface area contributed by atoms with Gasteiger partial charge in [0.05, 0.1) is 0 Å². The number of benzene rings is 3. The van der Waals surface area contributed by atoms with Gasteiger partial charge in [0.2, 0.25) is 0 Å². The van der Waals surface area contributed by atoms with Gasteiger partial charge in [0, 0.05) is 11.4 Å². The summed E-state index contributed by atoms with van der Waals surface area (Å²) in [5.74, 6) is 0. The third kappa shape index (κ3) is 3.35. The topological polar surface area (TPSA) is 12.0 Å². The van der Waals surface area contributed by atoms with Crippen molar-refractivity contribution in [2.75, 3.05) is 5.32 Å². The number of nitrogens with one attached hydrogen (secondary N) is 1. The first kappa shape index (κ1) is 16.6. The van der Waals surface area contributed by atoms with Gasteiger partial charge in [-0.3, -0.25) is 0 Å². The highest BCUT2D eigenvalue weighted by Gasteiger charge is 2.13. The van der Waals surface area contributed by atoms with Crippen LogP contribution in [0.25, 0.3) is 22.8 Å². The lowest BCUT2D eigenvalue weighted by Crippen LogP contribution is -1.98. The largest absolute Gasteiger partial charge is 0.356 e. The van der Waals surface area contributed by atoms with Crippen LogP contribution in [0.1, 0.15) is 17.5 Å². The summed E-state index contributed by atoms with van der Waals surface area (Å²) >= 11 is 0. The molecular weight excluding hydrogens is 338 g/mol. The van der Waals surface area contributed by atoms with E-state index in [0.29, 0.717) is 0 Å². The predicted molar refractivity (Wildman–Crippen MR) is 120 cm³/mol. The molecule has 0 atom stereocenters. The molecule has 5 rings (SSSR count). The van der Waals surface area contributed by atoms with E-state index < -0.39 is 0 Å². The van der Waals surface area contributed by atoms with Gasteiger partial charge < -0.3 is 5.32 Å². The molecule has 0 spiro atoms. The summed E-state index contributed by atoms with van der Waals surface area (Å²) in [4.78, 5) is 0. The van der Waals surface area contributed by atoms with Crippen molar-refractivity contribution in [3.8, 4) is 11.1 Å². The van der Waals surface area contributed by atoms with E-state index in [4.69, 9.17) is 0 Å². The lowest BCUT2D eigenvalue weighted by molar-refractivity contribution is 1.32. The summed E-state index contributed by atoms with van der Waals surface area (Å²) in [7, 11) is 0. The Bertz CT molecular complexity index is 1130. The highest BCUT2D eigenvalue weighted by molar-refractivity contribution is 5.82. The molecule has 1 heteroatoms. The quantitative estimate of drug-likeness (QED) is 0.526. The molecule has 28 heavy (non-hydrogen) atoms. The van der Waals surface area contributed by atoms with Crippen molar-refractivity contribution in [2.45, 2.75) is 6.42 Å². The van der Waals surface area contributed by atoms with Crippen LogP contribution in [0.15, 0.2) is 114 Å². The fourth-order valence-corrected chi connectivity index (χ4v) is 3.80. The van der Waals surface area contributed by atoms with Crippen molar-refractivity contribution < 1.29 is 0 Å². The molecule has 0 saturated heterocycles. The first-order chi connectivity index (χ1) is 13.8. The lowest BCUT2D eigenvalue weighted by Gasteiger charge is -2.11. The normalized spacial score (nSPS) is 14.8. The van der Waals surface area contributed by atoms with E-state index >= 15 is 0 Å². The summed E-state index contributed by atoms with van der Waals surface area (Å²) in [6, 6.07) is 27.7. The summed E-state index contributed by atoms with van der Waals surface area (Å²) in [5, 5.41) is 3.58. The molecule has 2 aliphatic carbocycles. The van der Waals surface area contributed by atoms with Crippen LogP contribution in [0, 0.1) is 0 Å². The monoisotopic (exact) mass is 359 g/mol. The molecule has 0 fully saturated rings. The zero-order valence-corrected chi connectivity index (χ0v) is 15.6. The van der Waals surface area contributed by atoms with Crippen molar-refractivity contribution in [2.24, 2.45) is 0 Å². The maximum Gasteiger partial charge on any atom is 0.0387 e. The minimum atomic E-state index is 0.960. The van der Waals surface area contributed by atoms with Crippen LogP contribution in [-0.2, 0) is 0 Å². The van der Waals surface area contributed by atoms with Gasteiger partial charge in [-0.05, 0) is 64.1 Å². The second kappa shape index (κ2) is 7.21. The summed E-state index contributed by atoms with van der Waals surface area (Å²) in [6.07, 6.45) is 12.1. The zero-order valence-electron chi connectivity index (χ0n) is 15.6. The van der Waals surface area contributed by atoms with Crippen molar-refractivity contribution in [1.82, 2.24) is 0 Å². The Morgan fingerprint density at radius 3 is 2.25 bits per heavy atom. The van der Waals surface area contributed by atoms with Crippen LogP contribution in [0.4, 0.5) is 5.69 Å². The van der Waals surface area contributed by atoms with Gasteiger partial charge in [0.15, 0.2) is 0 Å². The van der Waals surface area contributed by atoms with Gasteiger partial charge in [-0.25, -0.2) is 0 Å². The Labute approximate surface area is 166 Å². The van der Waals surface area contributed by atoms with Crippen LogP contribution in [0.5, 0.6) is 0 Å². The second-order valence-electron chi connectivity index (χ2n) is 7.20. The van der Waals surface area contributed by atoms with Gasteiger partial charge in [-0.2, -0.15) is 0 Å². The average molecular weight is 359 g/mol. The van der Waals surface area contributed by atoms with E-state index in [0.717, 1.165) is 17.8 Å². The van der Waals surface area contributed by atoms with Crippen molar-refractivity contribution in [3.63, 3.8) is 0 Å². The Morgan fingerprint density at radius 2 is 1.39 bits per heavy atom. The average Bonchev–Trinajstić information content (AvgIpc) is 3.06. The van der Waals surface area contributed by atoms with Crippen LogP contribution < -0.4 is 5.32 Å². The van der Waals surface area contributed by atoms with Gasteiger partial charge in [-0.15, -0.1) is 0 Å². The van der Waals surface area contributed by atoms with E-state index in [1.54, 1.807) is 0 Å². The van der Waals surface area contributed by atoms with Gasteiger partial charge in [0.25, 0.3) is 0 Å². The van der Waals surface area contributed by atoms with Crippen LogP contribution in [-0.4, -0.2) is 0 Å². The molecule has 0 amide bonds. The maximum atomic E-state index is 3.58. The summed E-state index contributed by atoms with van der Waals surface area (Å²) in [6.45, 7) is 0. The SMILES string of the molecule is C1=Cc2ccccc2C2=CC(Nc3ccc(-c4ccccc4)cc3)=CC=C1C2. The number of fused-ring (bicyclic) bond motifs is 4. The van der Waals surface area contributed by atoms with Gasteiger partial charge in [0.1, 0.15) is 0 Å². The van der Waals surface area contributed by atoms with E-state index in [1.165, 1.54) is 33.4 Å². The molecule has 3 aromatic carbocycles. The van der Waals surface area contributed by atoms with Crippen molar-refractivity contribution in [3.05, 3.63) is 126 Å². The van der Waals surface area contributed by atoms with E-state index in [9.17, 15) is 0 Å². The Kier molecular flexibility index (Phi) is 4.27. The zero-order chi connectivity index (χ0) is 18.8. The third-order valence-corrected chi connectivity index (χ3v) is 5.27. The first-order valence-electron chi connectivity index (χ1n) is 9.67. The smallest absolute Gasteiger partial charge is 0.0387 e. The fourth-order valence-electron chi connectivity index (χ4n) is 3.80. The molecule has 0 radical (unpaired) electrons. The van der Waals surface area contributed by atoms with Crippen molar-refractivity contribution >= 4 is 17.3 Å². The van der Waals surface area contributed by atoms with Gasteiger partial charge in [-0.1, -0.05) is 85.0 Å². The minimum Gasteiger partial charge on any atom is -0.356 e. The Morgan fingerprint density at radius 1 is 0.643 bits per heavy atom. The van der Waals surface area contributed by atoms with Crippen LogP contribution in [0.2, 0.25) is 0 Å². The minimum absolute atomic E-state index is 0.960. The molecule has 2 aliphatic rings. The highest BCUT2D eigenvalue weighted by atomic mass is 14.9. The Balaban J connectivity index is 1.44. The predicted octanol–water partition coefficient (Wildman–Crippen LogP) is 7.09. The number of hydrogen-bond acceptors (Lipinski definition) is 1. The van der Waals surface area contributed by atoms with E-state index in [1.807, 2.05) is 6.07 Å². The molecule has 0 heterocycles. The molecule has 1 N–H and O–H groups in total. The molecule has 0 aromatic heterocycles. The molecule has 0 aliphatic heterocycles. The van der Waals surface area contributed by atoms with Crippen molar-refractivity contribution in [1.29, 1.82) is 0 Å². The molecule has 0 saturated carbocycles. The van der Waals surface area contributed by atoms with E-state index in [2.05, 4.69) is 108 Å². The molecule has 3 aromatic rings. The third-order valence-electron chi connectivity index (χ3n) is 5.27. The molecule has 0 unspecified atom stereocenters. The molecule has 134 valence electrons. The summed E-state index contributed by atoms with van der Waals surface area (Å²) < 4.78 is 0. The van der Waals surface area contributed by atoms with Gasteiger partial charge >= 0.3 is 0 Å². The highest BCUT2D eigenvalue weighted by Crippen LogP contribution is 2.33. The molecular formula is C27H21N. The number of rotatable bonds is 3. The maximum absolute atomic E-state index is 3.58.